The SMILES string of the molecule is Cn1c(=NC(=O)c2ccc3ccccc3c2)sc2cc(Cl)ccc21. The van der Waals surface area contributed by atoms with Gasteiger partial charge in [-0.3, -0.25) is 4.79 Å². The van der Waals surface area contributed by atoms with E-state index in [2.05, 4.69) is 4.99 Å². The number of thiazole rings is 1. The zero-order valence-electron chi connectivity index (χ0n) is 12.9. The Balaban J connectivity index is 1.81. The van der Waals surface area contributed by atoms with Crippen molar-refractivity contribution in [2.75, 3.05) is 0 Å². The molecule has 0 N–H and O–H groups in total. The maximum Gasteiger partial charge on any atom is 0.279 e. The lowest BCUT2D eigenvalue weighted by atomic mass is 10.1. The number of benzene rings is 3. The fourth-order valence-electron chi connectivity index (χ4n) is 2.69. The van der Waals surface area contributed by atoms with Crippen LogP contribution in [0.5, 0.6) is 0 Å². The molecule has 118 valence electrons. The minimum Gasteiger partial charge on any atom is -0.319 e. The van der Waals surface area contributed by atoms with Gasteiger partial charge in [0, 0.05) is 17.6 Å². The van der Waals surface area contributed by atoms with Crippen molar-refractivity contribution in [2.24, 2.45) is 12.0 Å². The number of fused-ring (bicyclic) bond motifs is 2. The summed E-state index contributed by atoms with van der Waals surface area (Å²) in [6, 6.07) is 19.3. The second-order valence-electron chi connectivity index (χ2n) is 5.53. The highest BCUT2D eigenvalue weighted by Gasteiger charge is 2.08. The standard InChI is InChI=1S/C19H13ClN2OS/c1-22-16-9-8-15(20)11-17(16)24-19(22)21-18(23)14-7-6-12-4-2-3-5-13(12)10-14/h2-11H,1H3. The van der Waals surface area contributed by atoms with Crippen LogP contribution in [0.2, 0.25) is 5.02 Å². The Morgan fingerprint density at radius 2 is 1.83 bits per heavy atom. The summed E-state index contributed by atoms with van der Waals surface area (Å²) in [7, 11) is 1.90. The monoisotopic (exact) mass is 352 g/mol. The molecule has 0 unspecified atom stereocenters. The Hall–Kier alpha value is -2.43. The van der Waals surface area contributed by atoms with Gasteiger partial charge in [0.2, 0.25) is 0 Å². The van der Waals surface area contributed by atoms with Gasteiger partial charge in [0.05, 0.1) is 10.2 Å². The summed E-state index contributed by atoms with van der Waals surface area (Å²) < 4.78 is 2.92. The molecule has 4 aromatic rings. The molecule has 1 amide bonds. The highest BCUT2D eigenvalue weighted by molar-refractivity contribution is 7.16. The average Bonchev–Trinajstić information content (AvgIpc) is 2.89. The van der Waals surface area contributed by atoms with Crippen molar-refractivity contribution in [3.8, 4) is 0 Å². The predicted molar refractivity (Wildman–Crippen MR) is 99.6 cm³/mol. The number of aromatic nitrogens is 1. The number of carbonyl (C=O) groups is 1. The van der Waals surface area contributed by atoms with E-state index in [1.165, 1.54) is 11.3 Å². The van der Waals surface area contributed by atoms with Gasteiger partial charge in [-0.15, -0.1) is 0 Å². The zero-order chi connectivity index (χ0) is 16.7. The highest BCUT2D eigenvalue weighted by atomic mass is 35.5. The van der Waals surface area contributed by atoms with E-state index in [0.29, 0.717) is 15.4 Å². The quantitative estimate of drug-likeness (QED) is 0.485. The Morgan fingerprint density at radius 3 is 2.67 bits per heavy atom. The third-order valence-electron chi connectivity index (χ3n) is 3.96. The minimum absolute atomic E-state index is 0.242. The van der Waals surface area contributed by atoms with Gasteiger partial charge in [-0.2, -0.15) is 4.99 Å². The summed E-state index contributed by atoms with van der Waals surface area (Å²) in [5.41, 5.74) is 1.60. The first-order valence-corrected chi connectivity index (χ1v) is 8.64. The van der Waals surface area contributed by atoms with Crippen molar-refractivity contribution >= 4 is 49.8 Å². The lowest BCUT2D eigenvalue weighted by Crippen LogP contribution is -2.13. The van der Waals surface area contributed by atoms with Crippen LogP contribution in [-0.4, -0.2) is 10.5 Å². The van der Waals surface area contributed by atoms with E-state index in [0.717, 1.165) is 21.0 Å². The third-order valence-corrected chi connectivity index (χ3v) is 5.29. The fraction of sp³-hybridized carbons (Fsp3) is 0.0526. The number of carbonyl (C=O) groups excluding carboxylic acids is 1. The molecule has 0 saturated carbocycles. The zero-order valence-corrected chi connectivity index (χ0v) is 14.4. The highest BCUT2D eigenvalue weighted by Crippen LogP contribution is 2.21. The molecule has 0 aliphatic carbocycles. The second kappa shape index (κ2) is 5.89. The van der Waals surface area contributed by atoms with Crippen LogP contribution in [0.3, 0.4) is 0 Å². The normalized spacial score (nSPS) is 12.2. The lowest BCUT2D eigenvalue weighted by Gasteiger charge is -2.00. The first-order valence-electron chi connectivity index (χ1n) is 7.45. The van der Waals surface area contributed by atoms with Gasteiger partial charge < -0.3 is 4.57 Å². The topological polar surface area (TPSA) is 34.4 Å². The number of hydrogen-bond donors (Lipinski definition) is 0. The van der Waals surface area contributed by atoms with Crippen LogP contribution < -0.4 is 4.80 Å². The van der Waals surface area contributed by atoms with Gasteiger partial charge in [-0.1, -0.05) is 53.3 Å². The Kier molecular flexibility index (Phi) is 3.71. The van der Waals surface area contributed by atoms with Crippen LogP contribution in [-0.2, 0) is 7.05 Å². The van der Waals surface area contributed by atoms with Crippen molar-refractivity contribution in [3.63, 3.8) is 0 Å². The van der Waals surface area contributed by atoms with Crippen LogP contribution >= 0.6 is 22.9 Å². The van der Waals surface area contributed by atoms with Gasteiger partial charge in [0.1, 0.15) is 0 Å². The predicted octanol–water partition coefficient (Wildman–Crippen LogP) is 4.79. The van der Waals surface area contributed by atoms with E-state index in [1.807, 2.05) is 72.3 Å². The first-order chi connectivity index (χ1) is 11.6. The van der Waals surface area contributed by atoms with Crippen molar-refractivity contribution in [2.45, 2.75) is 0 Å². The smallest absolute Gasteiger partial charge is 0.279 e. The van der Waals surface area contributed by atoms with E-state index in [9.17, 15) is 4.79 Å². The van der Waals surface area contributed by atoms with Gasteiger partial charge >= 0.3 is 0 Å². The van der Waals surface area contributed by atoms with E-state index in [-0.39, 0.29) is 5.91 Å². The van der Waals surface area contributed by atoms with E-state index in [4.69, 9.17) is 11.6 Å². The van der Waals surface area contributed by atoms with Crippen molar-refractivity contribution < 1.29 is 4.79 Å². The molecule has 4 rings (SSSR count). The maximum absolute atomic E-state index is 12.6. The molecule has 0 atom stereocenters. The summed E-state index contributed by atoms with van der Waals surface area (Å²) >= 11 is 7.49. The molecule has 0 radical (unpaired) electrons. The summed E-state index contributed by atoms with van der Waals surface area (Å²) in [5, 5.41) is 2.82. The van der Waals surface area contributed by atoms with Gasteiger partial charge in [-0.05, 0) is 41.1 Å². The fourth-order valence-corrected chi connectivity index (χ4v) is 3.98. The van der Waals surface area contributed by atoms with Crippen LogP contribution in [0.1, 0.15) is 10.4 Å². The van der Waals surface area contributed by atoms with Crippen LogP contribution in [0.4, 0.5) is 0 Å². The molecule has 0 aliphatic heterocycles. The molecule has 1 heterocycles. The van der Waals surface area contributed by atoms with E-state index < -0.39 is 0 Å². The van der Waals surface area contributed by atoms with Gasteiger partial charge in [0.25, 0.3) is 5.91 Å². The van der Waals surface area contributed by atoms with Crippen LogP contribution in [0.15, 0.2) is 65.7 Å². The lowest BCUT2D eigenvalue weighted by molar-refractivity contribution is 0.0998. The van der Waals surface area contributed by atoms with Crippen molar-refractivity contribution in [3.05, 3.63) is 76.1 Å². The maximum atomic E-state index is 12.6. The third kappa shape index (κ3) is 2.64. The largest absolute Gasteiger partial charge is 0.319 e. The molecule has 0 aliphatic rings. The number of rotatable bonds is 1. The minimum atomic E-state index is -0.242. The molecular formula is C19H13ClN2OS. The number of hydrogen-bond acceptors (Lipinski definition) is 2. The molecule has 5 heteroatoms. The van der Waals surface area contributed by atoms with Gasteiger partial charge in [0.15, 0.2) is 4.80 Å². The molecule has 0 spiro atoms. The number of nitrogens with zero attached hydrogens (tertiary/aromatic N) is 2. The number of amides is 1. The van der Waals surface area contributed by atoms with Crippen LogP contribution in [0, 0.1) is 0 Å². The summed E-state index contributed by atoms with van der Waals surface area (Å²) in [6.07, 6.45) is 0. The number of halogens is 1. The molecular weight excluding hydrogens is 340 g/mol. The summed E-state index contributed by atoms with van der Waals surface area (Å²) in [5.74, 6) is -0.242. The molecule has 0 saturated heterocycles. The van der Waals surface area contributed by atoms with Crippen molar-refractivity contribution in [1.29, 1.82) is 0 Å². The first kappa shape index (κ1) is 15.1. The van der Waals surface area contributed by atoms with Crippen molar-refractivity contribution in [1.82, 2.24) is 4.57 Å². The van der Waals surface area contributed by atoms with E-state index >= 15 is 0 Å². The molecule has 0 bridgehead atoms. The average molecular weight is 353 g/mol. The molecule has 3 nitrogen and oxygen atoms in total. The summed E-state index contributed by atoms with van der Waals surface area (Å²) in [4.78, 5) is 17.5. The van der Waals surface area contributed by atoms with Crippen LogP contribution in [0.25, 0.3) is 21.0 Å². The van der Waals surface area contributed by atoms with Gasteiger partial charge in [-0.25, -0.2) is 0 Å². The molecule has 0 fully saturated rings. The number of aryl methyl sites for hydroxylation is 1. The molecule has 3 aromatic carbocycles. The summed E-state index contributed by atoms with van der Waals surface area (Å²) in [6.45, 7) is 0. The second-order valence-corrected chi connectivity index (χ2v) is 6.98. The molecule has 24 heavy (non-hydrogen) atoms. The Bertz CT molecular complexity index is 1160. The molecule has 1 aromatic heterocycles. The van der Waals surface area contributed by atoms with E-state index in [1.54, 1.807) is 0 Å². The Labute approximate surface area is 147 Å². The Morgan fingerprint density at radius 1 is 1.04 bits per heavy atom.